The number of anilines is 1. The maximum atomic E-state index is 12.8. The minimum absolute atomic E-state index is 0. The first-order valence-electron chi connectivity index (χ1n) is 12.9. The third-order valence-electron chi connectivity index (χ3n) is 6.98. The van der Waals surface area contributed by atoms with Gasteiger partial charge in [0, 0.05) is 82.9 Å². The Morgan fingerprint density at radius 1 is 1.00 bits per heavy atom. The number of piperazine rings is 1. The van der Waals surface area contributed by atoms with Gasteiger partial charge >= 0.3 is 5.69 Å². The second kappa shape index (κ2) is 13.9. The van der Waals surface area contributed by atoms with Crippen LogP contribution in [0.3, 0.4) is 0 Å². The highest BCUT2D eigenvalue weighted by Crippen LogP contribution is 2.32. The van der Waals surface area contributed by atoms with Gasteiger partial charge in [-0.1, -0.05) is 7.43 Å². The number of piperidine rings is 1. The molecule has 0 aliphatic carbocycles. The van der Waals surface area contributed by atoms with Crippen LogP contribution in [0.1, 0.15) is 33.6 Å². The van der Waals surface area contributed by atoms with Crippen LogP contribution in [-0.4, -0.2) is 86.3 Å². The third-order valence-corrected chi connectivity index (χ3v) is 6.98. The van der Waals surface area contributed by atoms with Crippen molar-refractivity contribution in [3.63, 3.8) is 0 Å². The molecule has 4 rings (SSSR count). The van der Waals surface area contributed by atoms with Crippen molar-refractivity contribution >= 4 is 17.3 Å². The molecule has 2 heterocycles. The molecule has 2 fully saturated rings. The van der Waals surface area contributed by atoms with Crippen molar-refractivity contribution in [2.24, 2.45) is 0 Å². The van der Waals surface area contributed by atoms with E-state index in [0.717, 1.165) is 51.3 Å². The molecule has 2 aliphatic rings. The summed E-state index contributed by atoms with van der Waals surface area (Å²) in [6, 6.07) is 12.7. The fourth-order valence-electron chi connectivity index (χ4n) is 4.84. The number of carbonyl (C=O) groups is 1. The Morgan fingerprint density at radius 3 is 2.26 bits per heavy atom. The van der Waals surface area contributed by atoms with Crippen LogP contribution in [-0.2, 0) is 4.79 Å². The van der Waals surface area contributed by atoms with E-state index in [1.165, 1.54) is 11.8 Å². The van der Waals surface area contributed by atoms with Gasteiger partial charge < -0.3 is 24.0 Å². The quantitative estimate of drug-likeness (QED) is 0.334. The van der Waals surface area contributed by atoms with E-state index < -0.39 is 4.92 Å². The number of methoxy groups -OCH3 is 1. The molecule has 2 aromatic rings. The van der Waals surface area contributed by atoms with Gasteiger partial charge in [0.15, 0.2) is 0 Å². The Bertz CT molecular complexity index is 1050. The predicted molar refractivity (Wildman–Crippen MR) is 147 cm³/mol. The lowest BCUT2D eigenvalue weighted by atomic mass is 10.1. The first-order chi connectivity index (χ1) is 18.0. The van der Waals surface area contributed by atoms with Gasteiger partial charge in [0.25, 0.3) is 0 Å². The van der Waals surface area contributed by atoms with Crippen LogP contribution in [0, 0.1) is 10.1 Å². The first kappa shape index (κ1) is 29.0. The number of benzene rings is 2. The number of nitro benzene ring substituents is 1. The van der Waals surface area contributed by atoms with Gasteiger partial charge in [0.05, 0.1) is 18.6 Å². The number of nitro groups is 1. The molecule has 2 aromatic carbocycles. The molecule has 0 saturated carbocycles. The Hall–Kier alpha value is -3.53. The van der Waals surface area contributed by atoms with Crippen LogP contribution >= 0.6 is 0 Å². The molecule has 0 spiro atoms. The standard InChI is InChI=1S/C27H36N4O6.CH4/c1-3-36-26-20-24(8-9-25(26)31(33)34)37-23-10-14-30(15-11-23)27(32)12-13-28-16-18-29(19-17-28)21-4-6-22(35-2)7-5-21;/h4-9,20,23H,3,10-19H2,1-2H3;1H4. The van der Waals surface area contributed by atoms with Crippen molar-refractivity contribution in [1.82, 2.24) is 9.80 Å². The van der Waals surface area contributed by atoms with Gasteiger partial charge in [0.1, 0.15) is 17.6 Å². The van der Waals surface area contributed by atoms with E-state index in [0.29, 0.717) is 31.9 Å². The number of likely N-dealkylation sites (tertiary alicyclic amines) is 1. The molecular weight excluding hydrogens is 488 g/mol. The second-order valence-electron chi connectivity index (χ2n) is 9.29. The van der Waals surface area contributed by atoms with Crippen molar-refractivity contribution in [2.45, 2.75) is 39.7 Å². The van der Waals surface area contributed by atoms with Gasteiger partial charge in [-0.05, 0) is 37.3 Å². The molecule has 2 saturated heterocycles. The van der Waals surface area contributed by atoms with Gasteiger partial charge in [0.2, 0.25) is 11.7 Å². The van der Waals surface area contributed by atoms with E-state index in [1.54, 1.807) is 26.2 Å². The molecule has 0 bridgehead atoms. The summed E-state index contributed by atoms with van der Waals surface area (Å²) in [6.07, 6.45) is 1.94. The molecule has 2 aliphatic heterocycles. The Labute approximate surface area is 225 Å². The number of hydrogen-bond acceptors (Lipinski definition) is 8. The van der Waals surface area contributed by atoms with Gasteiger partial charge in [-0.25, -0.2) is 0 Å². The zero-order valence-corrected chi connectivity index (χ0v) is 21.6. The summed E-state index contributed by atoms with van der Waals surface area (Å²) in [7, 11) is 1.67. The summed E-state index contributed by atoms with van der Waals surface area (Å²) in [5, 5.41) is 11.2. The maximum Gasteiger partial charge on any atom is 0.311 e. The van der Waals surface area contributed by atoms with E-state index in [4.69, 9.17) is 14.2 Å². The van der Waals surface area contributed by atoms with E-state index in [2.05, 4.69) is 21.9 Å². The smallest absolute Gasteiger partial charge is 0.311 e. The average molecular weight is 529 g/mol. The van der Waals surface area contributed by atoms with Gasteiger partial charge in [-0.3, -0.25) is 19.8 Å². The summed E-state index contributed by atoms with van der Waals surface area (Å²) in [6.45, 7) is 7.96. The van der Waals surface area contributed by atoms with Crippen molar-refractivity contribution in [3.8, 4) is 17.2 Å². The SMILES string of the molecule is C.CCOc1cc(OC2CCN(C(=O)CCN3CCN(c4ccc(OC)cc4)CC3)CC2)ccc1[N+](=O)[O-]. The van der Waals surface area contributed by atoms with Crippen LogP contribution in [0.4, 0.5) is 11.4 Å². The molecule has 0 unspecified atom stereocenters. The molecule has 0 radical (unpaired) electrons. The topological polar surface area (TPSA) is 97.6 Å². The Kier molecular flexibility index (Phi) is 10.6. The monoisotopic (exact) mass is 528 g/mol. The van der Waals surface area contributed by atoms with Crippen molar-refractivity contribution in [3.05, 3.63) is 52.6 Å². The number of nitrogens with zero attached hydrogens (tertiary/aromatic N) is 4. The summed E-state index contributed by atoms with van der Waals surface area (Å²) < 4.78 is 16.7. The predicted octanol–water partition coefficient (Wildman–Crippen LogP) is 4.22. The van der Waals surface area contributed by atoms with Crippen LogP contribution < -0.4 is 19.1 Å². The van der Waals surface area contributed by atoms with Crippen LogP contribution in [0.15, 0.2) is 42.5 Å². The molecular formula is C28H40N4O6. The maximum absolute atomic E-state index is 12.8. The molecule has 10 nitrogen and oxygen atoms in total. The second-order valence-corrected chi connectivity index (χ2v) is 9.29. The highest BCUT2D eigenvalue weighted by atomic mass is 16.6. The lowest BCUT2D eigenvalue weighted by molar-refractivity contribution is -0.385. The largest absolute Gasteiger partial charge is 0.497 e. The number of ether oxygens (including phenoxy) is 3. The van der Waals surface area contributed by atoms with Crippen molar-refractivity contribution in [2.75, 3.05) is 64.4 Å². The number of rotatable bonds is 10. The lowest BCUT2D eigenvalue weighted by Gasteiger charge is -2.37. The average Bonchev–Trinajstić information content (AvgIpc) is 2.93. The van der Waals surface area contributed by atoms with E-state index >= 15 is 0 Å². The van der Waals surface area contributed by atoms with Crippen LogP contribution in [0.5, 0.6) is 17.2 Å². The molecule has 0 N–H and O–H groups in total. The van der Waals surface area contributed by atoms with Gasteiger partial charge in [-0.2, -0.15) is 0 Å². The normalized spacial score (nSPS) is 16.5. The van der Waals surface area contributed by atoms with Crippen molar-refractivity contribution < 1.29 is 23.9 Å². The molecule has 0 aromatic heterocycles. The number of carbonyl (C=O) groups excluding carboxylic acids is 1. The van der Waals surface area contributed by atoms with E-state index in [1.807, 2.05) is 17.0 Å². The molecule has 0 atom stereocenters. The minimum Gasteiger partial charge on any atom is -0.497 e. The number of hydrogen-bond donors (Lipinski definition) is 0. The van der Waals surface area contributed by atoms with E-state index in [-0.39, 0.29) is 30.9 Å². The summed E-state index contributed by atoms with van der Waals surface area (Å²) in [5.41, 5.74) is 1.13. The zero-order chi connectivity index (χ0) is 26.2. The van der Waals surface area contributed by atoms with Crippen LogP contribution in [0.25, 0.3) is 0 Å². The first-order valence-corrected chi connectivity index (χ1v) is 12.9. The third kappa shape index (κ3) is 7.50. The summed E-state index contributed by atoms with van der Waals surface area (Å²) in [5.74, 6) is 1.80. The van der Waals surface area contributed by atoms with E-state index in [9.17, 15) is 14.9 Å². The fourth-order valence-corrected chi connectivity index (χ4v) is 4.84. The Balaban J connectivity index is 0.00000400. The van der Waals surface area contributed by atoms with Crippen molar-refractivity contribution in [1.29, 1.82) is 0 Å². The fraction of sp³-hybridized carbons (Fsp3) is 0.536. The van der Waals surface area contributed by atoms with Crippen LogP contribution in [0.2, 0.25) is 0 Å². The number of amides is 1. The summed E-state index contributed by atoms with van der Waals surface area (Å²) >= 11 is 0. The lowest BCUT2D eigenvalue weighted by Crippen LogP contribution is -2.48. The highest BCUT2D eigenvalue weighted by molar-refractivity contribution is 5.76. The zero-order valence-electron chi connectivity index (χ0n) is 21.6. The molecule has 208 valence electrons. The highest BCUT2D eigenvalue weighted by Gasteiger charge is 2.26. The molecule has 10 heteroatoms. The Morgan fingerprint density at radius 2 is 1.66 bits per heavy atom. The molecule has 1 amide bonds. The van der Waals surface area contributed by atoms with Gasteiger partial charge in [-0.15, -0.1) is 0 Å². The summed E-state index contributed by atoms with van der Waals surface area (Å²) in [4.78, 5) is 30.2. The minimum atomic E-state index is -0.459. The molecule has 38 heavy (non-hydrogen) atoms.